The number of hydrogen-bond acceptors (Lipinski definition) is 5. The monoisotopic (exact) mass is 434 g/mol. The summed E-state index contributed by atoms with van der Waals surface area (Å²) in [6.45, 7) is 2.02. The Bertz CT molecular complexity index is 1040. The van der Waals surface area contributed by atoms with Crippen LogP contribution >= 0.6 is 0 Å². The number of sulfonamides is 1. The molecule has 0 saturated carbocycles. The van der Waals surface area contributed by atoms with Crippen LogP contribution in [0.5, 0.6) is 11.5 Å². The van der Waals surface area contributed by atoms with Gasteiger partial charge < -0.3 is 14.4 Å². The predicted molar refractivity (Wildman–Crippen MR) is 108 cm³/mol. The summed E-state index contributed by atoms with van der Waals surface area (Å²) in [6.07, 6.45) is 1.29. The number of rotatable bonds is 5. The van der Waals surface area contributed by atoms with Gasteiger partial charge in [-0.05, 0) is 43.0 Å². The van der Waals surface area contributed by atoms with E-state index in [1.165, 1.54) is 24.3 Å². The Morgan fingerprint density at radius 1 is 1.07 bits per heavy atom. The third-order valence-corrected chi connectivity index (χ3v) is 6.81. The van der Waals surface area contributed by atoms with Crippen LogP contribution < -0.4 is 14.2 Å². The van der Waals surface area contributed by atoms with Gasteiger partial charge in [-0.15, -0.1) is 0 Å². The normalized spacial score (nSPS) is 17.0. The first-order valence-corrected chi connectivity index (χ1v) is 11.4. The molecule has 0 aliphatic carbocycles. The zero-order valence-electron chi connectivity index (χ0n) is 16.3. The molecule has 1 N–H and O–H groups in total. The van der Waals surface area contributed by atoms with Crippen LogP contribution in [0, 0.1) is 11.7 Å². The maximum atomic E-state index is 13.8. The molecular weight excluding hydrogens is 411 g/mol. The number of piperidine rings is 1. The van der Waals surface area contributed by atoms with Gasteiger partial charge in [0.05, 0.1) is 10.5 Å². The van der Waals surface area contributed by atoms with Crippen molar-refractivity contribution in [2.24, 2.45) is 5.92 Å². The average Bonchev–Trinajstić information content (AvgIpc) is 2.77. The molecule has 2 aromatic rings. The highest BCUT2D eigenvalue weighted by molar-refractivity contribution is 7.89. The van der Waals surface area contributed by atoms with Gasteiger partial charge in [-0.2, -0.15) is 0 Å². The minimum atomic E-state index is -3.69. The van der Waals surface area contributed by atoms with Crippen LogP contribution in [-0.2, 0) is 10.0 Å². The lowest BCUT2D eigenvalue weighted by atomic mass is 9.96. The van der Waals surface area contributed by atoms with Crippen LogP contribution in [0.15, 0.2) is 47.4 Å². The van der Waals surface area contributed by atoms with E-state index in [1.54, 1.807) is 23.1 Å². The first kappa shape index (κ1) is 20.6. The van der Waals surface area contributed by atoms with Gasteiger partial charge in [-0.1, -0.05) is 12.1 Å². The number of benzene rings is 2. The maximum Gasteiger partial charge on any atom is 0.256 e. The molecule has 0 bridgehead atoms. The second-order valence-corrected chi connectivity index (χ2v) is 9.14. The third kappa shape index (κ3) is 4.41. The van der Waals surface area contributed by atoms with Gasteiger partial charge in [0.2, 0.25) is 10.0 Å². The Kier molecular flexibility index (Phi) is 5.92. The minimum absolute atomic E-state index is 0.0651. The van der Waals surface area contributed by atoms with E-state index in [1.807, 2.05) is 0 Å². The SMILES string of the molecule is O=C(c1ccccc1F)N1CCC(CNS(=O)(=O)c2ccc3c(c2)OCCO3)CC1. The van der Waals surface area contributed by atoms with Crippen LogP contribution in [0.2, 0.25) is 0 Å². The van der Waals surface area contributed by atoms with Crippen molar-refractivity contribution < 1.29 is 27.1 Å². The Balaban J connectivity index is 1.32. The first-order chi connectivity index (χ1) is 14.4. The van der Waals surface area contributed by atoms with Crippen molar-refractivity contribution in [3.05, 3.63) is 53.8 Å². The molecular formula is C21H23FN2O5S. The van der Waals surface area contributed by atoms with Gasteiger partial charge in [-0.3, -0.25) is 4.79 Å². The molecule has 1 saturated heterocycles. The van der Waals surface area contributed by atoms with E-state index >= 15 is 0 Å². The van der Waals surface area contributed by atoms with E-state index < -0.39 is 15.8 Å². The van der Waals surface area contributed by atoms with Crippen molar-refractivity contribution in [1.29, 1.82) is 0 Å². The third-order valence-electron chi connectivity index (χ3n) is 5.39. The van der Waals surface area contributed by atoms with Gasteiger partial charge in [0, 0.05) is 25.7 Å². The Labute approximate surface area is 174 Å². The highest BCUT2D eigenvalue weighted by Crippen LogP contribution is 2.32. The lowest BCUT2D eigenvalue weighted by Gasteiger charge is -2.32. The van der Waals surface area contributed by atoms with E-state index in [0.29, 0.717) is 50.6 Å². The summed E-state index contributed by atoms with van der Waals surface area (Å²) in [5, 5.41) is 0. The number of carbonyl (C=O) groups excluding carboxylic acids is 1. The molecule has 2 heterocycles. The topological polar surface area (TPSA) is 84.9 Å². The van der Waals surface area contributed by atoms with Gasteiger partial charge >= 0.3 is 0 Å². The number of ether oxygens (including phenoxy) is 2. The van der Waals surface area contributed by atoms with E-state index in [-0.39, 0.29) is 28.8 Å². The zero-order valence-corrected chi connectivity index (χ0v) is 17.2. The Hall–Kier alpha value is -2.65. The van der Waals surface area contributed by atoms with Crippen molar-refractivity contribution in [1.82, 2.24) is 9.62 Å². The van der Waals surface area contributed by atoms with Gasteiger partial charge in [0.15, 0.2) is 11.5 Å². The molecule has 160 valence electrons. The maximum absolute atomic E-state index is 13.8. The molecule has 30 heavy (non-hydrogen) atoms. The number of nitrogens with zero attached hydrogens (tertiary/aromatic N) is 1. The van der Waals surface area contributed by atoms with Gasteiger partial charge in [0.25, 0.3) is 5.91 Å². The number of halogens is 1. The highest BCUT2D eigenvalue weighted by Gasteiger charge is 2.27. The minimum Gasteiger partial charge on any atom is -0.486 e. The van der Waals surface area contributed by atoms with Gasteiger partial charge in [0.1, 0.15) is 19.0 Å². The van der Waals surface area contributed by atoms with Crippen molar-refractivity contribution >= 4 is 15.9 Å². The fourth-order valence-corrected chi connectivity index (χ4v) is 4.78. The van der Waals surface area contributed by atoms with Crippen LogP contribution in [0.25, 0.3) is 0 Å². The number of carbonyl (C=O) groups is 1. The number of amides is 1. The van der Waals surface area contributed by atoms with Crippen molar-refractivity contribution in [2.75, 3.05) is 32.8 Å². The van der Waals surface area contributed by atoms with Crippen molar-refractivity contribution in [2.45, 2.75) is 17.7 Å². The second kappa shape index (κ2) is 8.61. The van der Waals surface area contributed by atoms with Crippen LogP contribution in [-0.4, -0.2) is 52.1 Å². The number of nitrogens with one attached hydrogen (secondary N) is 1. The second-order valence-electron chi connectivity index (χ2n) is 7.37. The molecule has 0 unspecified atom stereocenters. The van der Waals surface area contributed by atoms with E-state index in [4.69, 9.17) is 9.47 Å². The predicted octanol–water partition coefficient (Wildman–Crippen LogP) is 2.43. The smallest absolute Gasteiger partial charge is 0.256 e. The summed E-state index contributed by atoms with van der Waals surface area (Å²) in [7, 11) is -3.69. The van der Waals surface area contributed by atoms with Crippen LogP contribution in [0.1, 0.15) is 23.2 Å². The summed E-state index contributed by atoms with van der Waals surface area (Å²) >= 11 is 0. The Morgan fingerprint density at radius 2 is 1.77 bits per heavy atom. The Morgan fingerprint density at radius 3 is 2.50 bits per heavy atom. The number of hydrogen-bond donors (Lipinski definition) is 1. The molecule has 1 amide bonds. The van der Waals surface area contributed by atoms with E-state index in [0.717, 1.165) is 0 Å². The molecule has 2 aliphatic rings. The molecule has 9 heteroatoms. The molecule has 0 spiro atoms. The number of likely N-dealkylation sites (tertiary alicyclic amines) is 1. The van der Waals surface area contributed by atoms with E-state index in [9.17, 15) is 17.6 Å². The zero-order chi connectivity index (χ0) is 21.1. The quantitative estimate of drug-likeness (QED) is 0.781. The average molecular weight is 434 g/mol. The van der Waals surface area contributed by atoms with E-state index in [2.05, 4.69) is 4.72 Å². The molecule has 1 fully saturated rings. The lowest BCUT2D eigenvalue weighted by molar-refractivity contribution is 0.0687. The fourth-order valence-electron chi connectivity index (χ4n) is 3.65. The lowest BCUT2D eigenvalue weighted by Crippen LogP contribution is -2.41. The first-order valence-electron chi connectivity index (χ1n) is 9.87. The summed E-state index contributed by atoms with van der Waals surface area (Å²) in [6, 6.07) is 10.5. The summed E-state index contributed by atoms with van der Waals surface area (Å²) in [5.74, 6) is 0.193. The van der Waals surface area contributed by atoms with Crippen molar-refractivity contribution in [3.63, 3.8) is 0 Å². The molecule has 2 aliphatic heterocycles. The number of fused-ring (bicyclic) bond motifs is 1. The molecule has 0 aromatic heterocycles. The van der Waals surface area contributed by atoms with Gasteiger partial charge in [-0.25, -0.2) is 17.5 Å². The van der Waals surface area contributed by atoms with Crippen molar-refractivity contribution in [3.8, 4) is 11.5 Å². The standard InChI is InChI=1S/C21H23FN2O5S/c22-18-4-2-1-3-17(18)21(25)24-9-7-15(8-10-24)14-23-30(26,27)16-5-6-19-20(13-16)29-12-11-28-19/h1-6,13,15,23H,7-12,14H2. The highest BCUT2D eigenvalue weighted by atomic mass is 32.2. The largest absolute Gasteiger partial charge is 0.486 e. The molecule has 0 radical (unpaired) electrons. The van der Waals surface area contributed by atoms with Crippen LogP contribution in [0.4, 0.5) is 4.39 Å². The fraction of sp³-hybridized carbons (Fsp3) is 0.381. The molecule has 4 rings (SSSR count). The molecule has 0 atom stereocenters. The summed E-state index contributed by atoms with van der Waals surface area (Å²) in [5.41, 5.74) is 0.0651. The summed E-state index contributed by atoms with van der Waals surface area (Å²) in [4.78, 5) is 14.2. The van der Waals surface area contributed by atoms with Crippen LogP contribution in [0.3, 0.4) is 0 Å². The summed E-state index contributed by atoms with van der Waals surface area (Å²) < 4.78 is 52.7. The molecule has 2 aromatic carbocycles. The molecule has 7 nitrogen and oxygen atoms in total.